The number of nitrogens with one attached hydrogen (secondary N) is 1. The van der Waals surface area contributed by atoms with Gasteiger partial charge in [-0.05, 0) is 42.8 Å². The van der Waals surface area contributed by atoms with Gasteiger partial charge in [0.2, 0.25) is 10.0 Å². The molecular weight excluding hydrogens is 288 g/mol. The zero-order chi connectivity index (χ0) is 15.3. The van der Waals surface area contributed by atoms with Gasteiger partial charge in [-0.25, -0.2) is 13.1 Å². The molecule has 0 aliphatic rings. The van der Waals surface area contributed by atoms with E-state index in [-0.39, 0.29) is 18.0 Å². The molecule has 0 saturated heterocycles. The highest BCUT2D eigenvalue weighted by molar-refractivity contribution is 7.89. The molecule has 6 heteroatoms. The van der Waals surface area contributed by atoms with Gasteiger partial charge in [0, 0.05) is 12.2 Å². The van der Waals surface area contributed by atoms with Gasteiger partial charge in [0.15, 0.2) is 0 Å². The number of benzene rings is 2. The third-order valence-corrected chi connectivity index (χ3v) is 4.52. The number of rotatable bonds is 6. The molecule has 0 amide bonds. The van der Waals surface area contributed by atoms with Gasteiger partial charge >= 0.3 is 0 Å². The van der Waals surface area contributed by atoms with Gasteiger partial charge in [0.05, 0.1) is 4.90 Å². The summed E-state index contributed by atoms with van der Waals surface area (Å²) < 4.78 is 32.3. The molecule has 112 valence electrons. The van der Waals surface area contributed by atoms with E-state index in [1.807, 2.05) is 30.3 Å². The standard InChI is InChI=1S/C15H18N2O3S/c1-12-11-13(16)7-8-15(12)21(18,19)17-9-10-20-14-5-3-2-4-6-14/h2-8,11,17H,9-10,16H2,1H3. The molecule has 0 bridgehead atoms. The topological polar surface area (TPSA) is 81.4 Å². The Morgan fingerprint density at radius 1 is 1.14 bits per heavy atom. The molecule has 21 heavy (non-hydrogen) atoms. The summed E-state index contributed by atoms with van der Waals surface area (Å²) >= 11 is 0. The Balaban J connectivity index is 1.92. The Hall–Kier alpha value is -2.05. The van der Waals surface area contributed by atoms with Crippen LogP contribution in [0.4, 0.5) is 5.69 Å². The third-order valence-electron chi connectivity index (χ3n) is 2.89. The minimum atomic E-state index is -3.55. The summed E-state index contributed by atoms with van der Waals surface area (Å²) in [5.74, 6) is 0.709. The number of anilines is 1. The zero-order valence-electron chi connectivity index (χ0n) is 11.7. The average molecular weight is 306 g/mol. The number of aryl methyl sites for hydroxylation is 1. The van der Waals surface area contributed by atoms with Crippen molar-refractivity contribution >= 4 is 15.7 Å². The van der Waals surface area contributed by atoms with E-state index in [1.54, 1.807) is 19.1 Å². The quantitative estimate of drug-likeness (QED) is 0.631. The molecule has 0 unspecified atom stereocenters. The summed E-state index contributed by atoms with van der Waals surface area (Å²) in [5, 5.41) is 0. The average Bonchev–Trinajstić information content (AvgIpc) is 2.44. The van der Waals surface area contributed by atoms with E-state index in [0.29, 0.717) is 17.0 Å². The van der Waals surface area contributed by atoms with E-state index in [0.717, 1.165) is 0 Å². The van der Waals surface area contributed by atoms with Crippen LogP contribution in [0.5, 0.6) is 5.75 Å². The summed E-state index contributed by atoms with van der Waals surface area (Å²) in [5.41, 5.74) is 6.78. The fourth-order valence-electron chi connectivity index (χ4n) is 1.91. The van der Waals surface area contributed by atoms with Crippen LogP contribution in [0.15, 0.2) is 53.4 Å². The highest BCUT2D eigenvalue weighted by atomic mass is 32.2. The van der Waals surface area contributed by atoms with Gasteiger partial charge in [0.1, 0.15) is 12.4 Å². The van der Waals surface area contributed by atoms with E-state index < -0.39 is 10.0 Å². The lowest BCUT2D eigenvalue weighted by Crippen LogP contribution is -2.28. The van der Waals surface area contributed by atoms with Crippen molar-refractivity contribution in [1.29, 1.82) is 0 Å². The van der Waals surface area contributed by atoms with E-state index in [4.69, 9.17) is 10.5 Å². The van der Waals surface area contributed by atoms with Crippen LogP contribution in [0, 0.1) is 6.92 Å². The van der Waals surface area contributed by atoms with Crippen LogP contribution in [-0.2, 0) is 10.0 Å². The van der Waals surface area contributed by atoms with E-state index in [1.165, 1.54) is 6.07 Å². The Labute approximate surface area is 124 Å². The van der Waals surface area contributed by atoms with Crippen molar-refractivity contribution in [2.75, 3.05) is 18.9 Å². The number of ether oxygens (including phenoxy) is 1. The number of para-hydroxylation sites is 1. The number of hydrogen-bond donors (Lipinski definition) is 2. The van der Waals surface area contributed by atoms with Crippen LogP contribution in [0.2, 0.25) is 0 Å². The molecule has 0 radical (unpaired) electrons. The van der Waals surface area contributed by atoms with Gasteiger partial charge in [-0.1, -0.05) is 18.2 Å². The van der Waals surface area contributed by atoms with E-state index >= 15 is 0 Å². The van der Waals surface area contributed by atoms with Gasteiger partial charge < -0.3 is 10.5 Å². The van der Waals surface area contributed by atoms with Gasteiger partial charge in [-0.15, -0.1) is 0 Å². The molecule has 0 fully saturated rings. The number of nitrogens with two attached hydrogens (primary N) is 1. The van der Waals surface area contributed by atoms with Crippen molar-refractivity contribution in [3.8, 4) is 5.75 Å². The number of hydrogen-bond acceptors (Lipinski definition) is 4. The van der Waals surface area contributed by atoms with Crippen LogP contribution in [0.1, 0.15) is 5.56 Å². The van der Waals surface area contributed by atoms with Crippen molar-refractivity contribution < 1.29 is 13.2 Å². The van der Waals surface area contributed by atoms with Crippen LogP contribution in [-0.4, -0.2) is 21.6 Å². The number of nitrogen functional groups attached to an aromatic ring is 1. The van der Waals surface area contributed by atoms with Gasteiger partial charge in [-0.2, -0.15) is 0 Å². The molecule has 3 N–H and O–H groups in total. The second kappa shape index (κ2) is 6.60. The van der Waals surface area contributed by atoms with Crippen molar-refractivity contribution in [3.63, 3.8) is 0 Å². The molecule has 0 aliphatic carbocycles. The Kier molecular flexibility index (Phi) is 4.82. The lowest BCUT2D eigenvalue weighted by molar-refractivity contribution is 0.323. The van der Waals surface area contributed by atoms with Crippen LogP contribution >= 0.6 is 0 Å². The molecule has 0 heterocycles. The van der Waals surface area contributed by atoms with Gasteiger partial charge in [-0.3, -0.25) is 0 Å². The van der Waals surface area contributed by atoms with E-state index in [2.05, 4.69) is 4.72 Å². The number of sulfonamides is 1. The lowest BCUT2D eigenvalue weighted by atomic mass is 10.2. The molecule has 0 aromatic heterocycles. The first-order chi connectivity index (χ1) is 9.99. The maximum atomic E-state index is 12.2. The first-order valence-corrected chi connectivity index (χ1v) is 8.01. The summed E-state index contributed by atoms with van der Waals surface area (Å²) in [7, 11) is -3.55. The summed E-state index contributed by atoms with van der Waals surface area (Å²) in [6, 6.07) is 14.0. The highest BCUT2D eigenvalue weighted by Crippen LogP contribution is 2.17. The maximum absolute atomic E-state index is 12.2. The third kappa shape index (κ3) is 4.21. The van der Waals surface area contributed by atoms with Crippen molar-refractivity contribution in [2.45, 2.75) is 11.8 Å². The lowest BCUT2D eigenvalue weighted by Gasteiger charge is -2.10. The molecule has 0 spiro atoms. The first kappa shape index (κ1) is 15.3. The van der Waals surface area contributed by atoms with Crippen LogP contribution in [0.3, 0.4) is 0 Å². The Morgan fingerprint density at radius 2 is 1.86 bits per heavy atom. The SMILES string of the molecule is Cc1cc(N)ccc1S(=O)(=O)NCCOc1ccccc1. The second-order valence-electron chi connectivity index (χ2n) is 4.58. The molecule has 2 aromatic rings. The molecule has 0 saturated carbocycles. The summed E-state index contributed by atoms with van der Waals surface area (Å²) in [6.07, 6.45) is 0. The van der Waals surface area contributed by atoms with Gasteiger partial charge in [0.25, 0.3) is 0 Å². The normalized spacial score (nSPS) is 11.3. The predicted octanol–water partition coefficient (Wildman–Crippen LogP) is 1.93. The highest BCUT2D eigenvalue weighted by Gasteiger charge is 2.16. The Bertz CT molecular complexity index is 700. The largest absolute Gasteiger partial charge is 0.492 e. The maximum Gasteiger partial charge on any atom is 0.240 e. The van der Waals surface area contributed by atoms with Crippen LogP contribution < -0.4 is 15.2 Å². The second-order valence-corrected chi connectivity index (χ2v) is 6.32. The van der Waals surface area contributed by atoms with Crippen LogP contribution in [0.25, 0.3) is 0 Å². The zero-order valence-corrected chi connectivity index (χ0v) is 12.6. The molecule has 2 rings (SSSR count). The smallest absolute Gasteiger partial charge is 0.240 e. The molecular formula is C15H18N2O3S. The molecule has 2 aromatic carbocycles. The Morgan fingerprint density at radius 3 is 2.52 bits per heavy atom. The summed E-state index contributed by atoms with van der Waals surface area (Å²) in [6.45, 7) is 2.17. The van der Waals surface area contributed by atoms with E-state index in [9.17, 15) is 8.42 Å². The van der Waals surface area contributed by atoms with Crippen molar-refractivity contribution in [1.82, 2.24) is 4.72 Å². The molecule has 0 atom stereocenters. The molecule has 0 aliphatic heterocycles. The van der Waals surface area contributed by atoms with Crippen molar-refractivity contribution in [2.24, 2.45) is 0 Å². The minimum absolute atomic E-state index is 0.195. The first-order valence-electron chi connectivity index (χ1n) is 6.53. The summed E-state index contributed by atoms with van der Waals surface area (Å²) in [4.78, 5) is 0.233. The van der Waals surface area contributed by atoms with Crippen molar-refractivity contribution in [3.05, 3.63) is 54.1 Å². The monoisotopic (exact) mass is 306 g/mol. The fraction of sp³-hybridized carbons (Fsp3) is 0.200. The predicted molar refractivity (Wildman–Crippen MR) is 82.7 cm³/mol. The molecule has 5 nitrogen and oxygen atoms in total. The fourth-order valence-corrected chi connectivity index (χ4v) is 3.15. The minimum Gasteiger partial charge on any atom is -0.492 e.